The maximum atomic E-state index is 14.4. The smallest absolute Gasteiger partial charge is 0.364 e. The fraction of sp³-hybridized carbons (Fsp3) is 0.389. The molecular weight excluding hydrogens is 679 g/mol. The molecule has 4 aromatic rings. The van der Waals surface area contributed by atoms with Gasteiger partial charge in [-0.15, -0.1) is 0 Å². The van der Waals surface area contributed by atoms with Crippen molar-refractivity contribution in [3.05, 3.63) is 77.2 Å². The Bertz CT molecular complexity index is 2150. The molecule has 3 atom stereocenters. The zero-order valence-electron chi connectivity index (χ0n) is 28.5. The van der Waals surface area contributed by atoms with E-state index in [1.165, 1.54) is 22.6 Å². The number of pyridine rings is 1. The predicted molar refractivity (Wildman–Crippen MR) is 182 cm³/mol. The number of primary amides is 1. The first-order chi connectivity index (χ1) is 24.7. The van der Waals surface area contributed by atoms with Gasteiger partial charge in [-0.1, -0.05) is 18.2 Å². The van der Waals surface area contributed by atoms with Crippen LogP contribution < -0.4 is 16.4 Å². The summed E-state index contributed by atoms with van der Waals surface area (Å²) in [7, 11) is 0. The van der Waals surface area contributed by atoms with Crippen molar-refractivity contribution in [1.29, 1.82) is 0 Å². The van der Waals surface area contributed by atoms with Gasteiger partial charge in [0.25, 0.3) is 5.91 Å². The fourth-order valence-electron chi connectivity index (χ4n) is 7.33. The fourth-order valence-corrected chi connectivity index (χ4v) is 7.33. The molecule has 1 saturated carbocycles. The van der Waals surface area contributed by atoms with Crippen molar-refractivity contribution in [1.82, 2.24) is 34.9 Å². The summed E-state index contributed by atoms with van der Waals surface area (Å²) in [6.45, 7) is 3.15. The minimum Gasteiger partial charge on any atom is -0.364 e. The molecule has 0 unspecified atom stereocenters. The second-order valence-electron chi connectivity index (χ2n) is 13.7. The highest BCUT2D eigenvalue weighted by Crippen LogP contribution is 2.59. The van der Waals surface area contributed by atoms with Gasteiger partial charge >= 0.3 is 6.18 Å². The third kappa shape index (κ3) is 6.60. The standard InChI is InChI=1S/C36H36F3N9O4/c1-19-9-10-26(36(37,38)39)44-33(19)45-34(52)25-13-35-14-27(35)48(25)29(50)17-47-31-21(7-5-3-4-6-8-28(49)43-18-35)11-22(23-15-41-20(2)42-16-23)12-24(31)30(46-47)32(40)51/h3,5,9-12,15-16,25,27H,4,6-8,13-14,17-18H2,1-2H3,(H2,40,51)(H,43,49)(H,44,45,52)/b5-3-/t25-,27+,35-/m0/s1. The van der Waals surface area contributed by atoms with Crippen LogP contribution in [0.15, 0.2) is 48.8 Å². The van der Waals surface area contributed by atoms with Crippen LogP contribution >= 0.6 is 0 Å². The average molecular weight is 716 g/mol. The molecule has 2 aliphatic heterocycles. The summed E-state index contributed by atoms with van der Waals surface area (Å²) in [5.74, 6) is -1.82. The molecule has 270 valence electrons. The largest absolute Gasteiger partial charge is 0.433 e. The quantitative estimate of drug-likeness (QED) is 0.265. The normalized spacial score (nSPS) is 22.8. The lowest BCUT2D eigenvalue weighted by Gasteiger charge is -2.27. The number of allylic oxidation sites excluding steroid dienone is 2. The van der Waals surface area contributed by atoms with E-state index in [-0.39, 0.29) is 43.4 Å². The Labute approximate surface area is 295 Å². The summed E-state index contributed by atoms with van der Waals surface area (Å²) in [4.78, 5) is 67.5. The van der Waals surface area contributed by atoms with E-state index in [9.17, 15) is 32.3 Å². The first-order valence-electron chi connectivity index (χ1n) is 16.9. The third-order valence-corrected chi connectivity index (χ3v) is 10.1. The number of nitrogens with one attached hydrogen (secondary N) is 2. The second-order valence-corrected chi connectivity index (χ2v) is 13.7. The molecule has 2 bridgehead atoms. The van der Waals surface area contributed by atoms with Gasteiger partial charge in [-0.3, -0.25) is 23.9 Å². The monoisotopic (exact) mass is 715 g/mol. The molecule has 1 aliphatic carbocycles. The zero-order chi connectivity index (χ0) is 36.9. The number of hydrogen-bond acceptors (Lipinski definition) is 8. The van der Waals surface area contributed by atoms with E-state index >= 15 is 0 Å². The number of amides is 4. The molecule has 0 spiro atoms. The zero-order valence-corrected chi connectivity index (χ0v) is 28.5. The summed E-state index contributed by atoms with van der Waals surface area (Å²) in [5.41, 5.74) is 6.98. The number of alkyl halides is 3. The highest BCUT2D eigenvalue weighted by atomic mass is 19.4. The minimum atomic E-state index is -4.73. The number of hydrogen-bond donors (Lipinski definition) is 3. The number of benzene rings is 1. The summed E-state index contributed by atoms with van der Waals surface area (Å²) in [6.07, 6.45) is 5.14. The highest BCUT2D eigenvalue weighted by molar-refractivity contribution is 6.06. The van der Waals surface area contributed by atoms with E-state index in [2.05, 4.69) is 30.7 Å². The highest BCUT2D eigenvalue weighted by Gasteiger charge is 2.67. The van der Waals surface area contributed by atoms with Crippen molar-refractivity contribution in [2.24, 2.45) is 11.1 Å². The molecule has 3 aromatic heterocycles. The minimum absolute atomic E-state index is 0.0393. The van der Waals surface area contributed by atoms with Crippen molar-refractivity contribution < 1.29 is 32.3 Å². The number of nitrogens with zero attached hydrogens (tertiary/aromatic N) is 6. The molecular formula is C36H36F3N9O4. The molecule has 52 heavy (non-hydrogen) atoms. The van der Waals surface area contributed by atoms with Gasteiger partial charge in [-0.05, 0) is 80.8 Å². The Morgan fingerprint density at radius 3 is 2.56 bits per heavy atom. The van der Waals surface area contributed by atoms with Gasteiger partial charge in [0, 0.05) is 47.8 Å². The molecule has 0 radical (unpaired) electrons. The summed E-state index contributed by atoms with van der Waals surface area (Å²) in [6, 6.07) is 4.22. The van der Waals surface area contributed by atoms with Crippen LogP contribution in [0.3, 0.4) is 0 Å². The number of aromatic nitrogens is 5. The van der Waals surface area contributed by atoms with Crippen LogP contribution in [-0.4, -0.2) is 71.9 Å². The van der Waals surface area contributed by atoms with Crippen molar-refractivity contribution in [3.63, 3.8) is 0 Å². The number of aryl methyl sites for hydroxylation is 2. The molecule has 2 fully saturated rings. The van der Waals surface area contributed by atoms with E-state index in [1.807, 2.05) is 18.2 Å². The number of anilines is 1. The SMILES string of the molecule is Cc1ncc(-c2cc3c4c(c2)c(C(N)=O)nn4CC(=O)N2[C@H](C(=O)Nc4nc(C(F)(F)F)ccc4C)C[C@@]4(CNC(=O)CCC/C=C\C3)C[C@@H]24)cn1. The Morgan fingerprint density at radius 1 is 1.06 bits per heavy atom. The molecule has 3 aliphatic rings. The Hall–Kier alpha value is -5.67. The maximum Gasteiger partial charge on any atom is 0.433 e. The van der Waals surface area contributed by atoms with Crippen molar-refractivity contribution in [2.45, 2.75) is 77.2 Å². The van der Waals surface area contributed by atoms with Gasteiger partial charge in [0.2, 0.25) is 17.7 Å². The molecule has 7 rings (SSSR count). The third-order valence-electron chi connectivity index (χ3n) is 10.1. The number of nitrogens with two attached hydrogens (primary N) is 1. The van der Waals surface area contributed by atoms with Crippen molar-refractivity contribution in [3.8, 4) is 11.1 Å². The van der Waals surface area contributed by atoms with Crippen LogP contribution in [-0.2, 0) is 33.5 Å². The maximum absolute atomic E-state index is 14.4. The van der Waals surface area contributed by atoms with E-state index in [1.54, 1.807) is 25.4 Å². The Morgan fingerprint density at radius 2 is 1.83 bits per heavy atom. The first-order valence-corrected chi connectivity index (χ1v) is 16.9. The van der Waals surface area contributed by atoms with Gasteiger partial charge in [0.1, 0.15) is 29.9 Å². The van der Waals surface area contributed by atoms with Crippen LogP contribution in [0.5, 0.6) is 0 Å². The molecule has 13 nitrogen and oxygen atoms in total. The molecule has 1 saturated heterocycles. The number of carbonyl (C=O) groups excluding carboxylic acids is 4. The van der Waals surface area contributed by atoms with E-state index in [0.717, 1.165) is 11.6 Å². The molecule has 4 N–H and O–H groups in total. The topological polar surface area (TPSA) is 178 Å². The predicted octanol–water partition coefficient (Wildman–Crippen LogP) is 4.02. The molecule has 5 heterocycles. The first kappa shape index (κ1) is 34.8. The molecule has 16 heteroatoms. The number of piperidine rings is 1. The lowest BCUT2D eigenvalue weighted by Crippen LogP contribution is -2.47. The lowest BCUT2D eigenvalue weighted by molar-refractivity contribution is -0.141. The Balaban J connectivity index is 1.29. The van der Waals surface area contributed by atoms with Gasteiger partial charge in [-0.2, -0.15) is 18.3 Å². The number of carbonyl (C=O) groups is 4. The summed E-state index contributed by atoms with van der Waals surface area (Å²) >= 11 is 0. The van der Waals surface area contributed by atoms with Crippen LogP contribution in [0.4, 0.5) is 19.0 Å². The van der Waals surface area contributed by atoms with Gasteiger partial charge < -0.3 is 21.3 Å². The van der Waals surface area contributed by atoms with Crippen molar-refractivity contribution >= 4 is 40.3 Å². The van der Waals surface area contributed by atoms with Crippen LogP contribution in [0.25, 0.3) is 22.0 Å². The Kier molecular flexibility index (Phi) is 8.79. The van der Waals surface area contributed by atoms with E-state index < -0.39 is 47.1 Å². The van der Waals surface area contributed by atoms with Crippen LogP contribution in [0.1, 0.15) is 65.2 Å². The molecule has 1 aromatic carbocycles. The molecule has 4 amide bonds. The summed E-state index contributed by atoms with van der Waals surface area (Å²) in [5, 5.41) is 10.4. The van der Waals surface area contributed by atoms with Crippen LogP contribution in [0, 0.1) is 19.3 Å². The van der Waals surface area contributed by atoms with Crippen LogP contribution in [0.2, 0.25) is 0 Å². The number of halogens is 3. The van der Waals surface area contributed by atoms with E-state index in [4.69, 9.17) is 5.73 Å². The van der Waals surface area contributed by atoms with Crippen molar-refractivity contribution in [2.75, 3.05) is 11.9 Å². The van der Waals surface area contributed by atoms with Gasteiger partial charge in [0.15, 0.2) is 5.69 Å². The van der Waals surface area contributed by atoms with Gasteiger partial charge in [-0.25, -0.2) is 15.0 Å². The average Bonchev–Trinajstić information content (AvgIpc) is 3.50. The number of rotatable bonds is 4. The van der Waals surface area contributed by atoms with E-state index in [0.29, 0.717) is 59.1 Å². The summed E-state index contributed by atoms with van der Waals surface area (Å²) < 4.78 is 41.9. The lowest BCUT2D eigenvalue weighted by atomic mass is 9.98. The van der Waals surface area contributed by atoms with Gasteiger partial charge in [0.05, 0.1) is 5.52 Å². The second kappa shape index (κ2) is 13.1.